The van der Waals surface area contributed by atoms with Crippen molar-refractivity contribution in [3.63, 3.8) is 0 Å². The standard InChI is InChI=1S/C28H23F2NO3/c1-19(32)31-28(22-5-3-2-4-6-22)27(25(33)17-11-20-7-13-23(29)14-8-20)26(34)18-12-21-9-15-24(30)16-10-21/h2-18,27-28H,1H3,(H,31,32)/b17-11+,18-12?. The van der Waals surface area contributed by atoms with Crippen molar-refractivity contribution in [2.75, 3.05) is 0 Å². The van der Waals surface area contributed by atoms with E-state index in [1.807, 2.05) is 0 Å². The highest BCUT2D eigenvalue weighted by Crippen LogP contribution is 2.26. The maximum Gasteiger partial charge on any atom is 0.217 e. The number of hydrogen-bond donors (Lipinski definition) is 1. The van der Waals surface area contributed by atoms with Gasteiger partial charge in [-0.2, -0.15) is 0 Å². The van der Waals surface area contributed by atoms with E-state index < -0.39 is 41.1 Å². The molecule has 0 saturated heterocycles. The largest absolute Gasteiger partial charge is 0.348 e. The van der Waals surface area contributed by atoms with Crippen LogP contribution in [0.15, 0.2) is 91.0 Å². The fourth-order valence-corrected chi connectivity index (χ4v) is 3.42. The molecule has 3 aromatic rings. The number of carbonyl (C=O) groups is 3. The molecule has 1 amide bonds. The Morgan fingerprint density at radius 2 is 1.15 bits per heavy atom. The fourth-order valence-electron chi connectivity index (χ4n) is 3.42. The molecule has 3 aromatic carbocycles. The van der Waals surface area contributed by atoms with Crippen LogP contribution >= 0.6 is 0 Å². The molecule has 3 rings (SSSR count). The molecule has 6 heteroatoms. The minimum Gasteiger partial charge on any atom is -0.348 e. The molecule has 2 unspecified atom stereocenters. The first-order valence-corrected chi connectivity index (χ1v) is 10.6. The van der Waals surface area contributed by atoms with Gasteiger partial charge >= 0.3 is 0 Å². The van der Waals surface area contributed by atoms with Gasteiger partial charge in [0.05, 0.1) is 6.04 Å². The van der Waals surface area contributed by atoms with Gasteiger partial charge in [-0.3, -0.25) is 14.4 Å². The van der Waals surface area contributed by atoms with Crippen molar-refractivity contribution in [3.8, 4) is 0 Å². The van der Waals surface area contributed by atoms with Gasteiger partial charge in [-0.05, 0) is 53.1 Å². The number of hydrogen-bond acceptors (Lipinski definition) is 3. The summed E-state index contributed by atoms with van der Waals surface area (Å²) >= 11 is 0. The predicted molar refractivity (Wildman–Crippen MR) is 127 cm³/mol. The molecular formula is C28H23F2NO3. The molecule has 0 aliphatic carbocycles. The average molecular weight is 459 g/mol. The fraction of sp³-hybridized carbons (Fsp3) is 0.107. The molecule has 172 valence electrons. The molecule has 0 heterocycles. The number of allylic oxidation sites excluding steroid dienone is 2. The Labute approximate surface area is 196 Å². The highest BCUT2D eigenvalue weighted by Gasteiger charge is 2.33. The Bertz CT molecular complexity index is 1130. The quantitative estimate of drug-likeness (QED) is 0.348. The van der Waals surface area contributed by atoms with Crippen LogP contribution in [0.5, 0.6) is 0 Å². The molecule has 0 fully saturated rings. The summed E-state index contributed by atoms with van der Waals surface area (Å²) in [6, 6.07) is 18.9. The van der Waals surface area contributed by atoms with Gasteiger partial charge in [0.15, 0.2) is 11.6 Å². The Balaban J connectivity index is 1.96. The van der Waals surface area contributed by atoms with Gasteiger partial charge in [0.1, 0.15) is 17.6 Å². The van der Waals surface area contributed by atoms with E-state index in [1.165, 1.54) is 79.8 Å². The lowest BCUT2D eigenvalue weighted by molar-refractivity contribution is -0.129. The average Bonchev–Trinajstić information content (AvgIpc) is 2.83. The van der Waals surface area contributed by atoms with Gasteiger partial charge < -0.3 is 5.32 Å². The number of ketones is 2. The van der Waals surface area contributed by atoms with E-state index in [2.05, 4.69) is 5.32 Å². The van der Waals surface area contributed by atoms with E-state index in [-0.39, 0.29) is 0 Å². The Morgan fingerprint density at radius 1 is 0.706 bits per heavy atom. The van der Waals surface area contributed by atoms with Crippen LogP contribution in [0, 0.1) is 17.6 Å². The number of rotatable bonds is 9. The maximum atomic E-state index is 13.3. The second kappa shape index (κ2) is 11.6. The van der Waals surface area contributed by atoms with Gasteiger partial charge in [-0.15, -0.1) is 0 Å². The Hall–Kier alpha value is -4.19. The third-order valence-electron chi connectivity index (χ3n) is 5.08. The van der Waals surface area contributed by atoms with Crippen molar-refractivity contribution in [1.82, 2.24) is 5.32 Å². The monoisotopic (exact) mass is 459 g/mol. The smallest absolute Gasteiger partial charge is 0.217 e. The second-order valence-electron chi connectivity index (χ2n) is 7.64. The van der Waals surface area contributed by atoms with Gasteiger partial charge in [-0.25, -0.2) is 8.78 Å². The molecule has 0 aromatic heterocycles. The van der Waals surface area contributed by atoms with Crippen LogP contribution in [0.1, 0.15) is 29.7 Å². The van der Waals surface area contributed by atoms with Crippen molar-refractivity contribution in [2.24, 2.45) is 5.92 Å². The summed E-state index contributed by atoms with van der Waals surface area (Å²) < 4.78 is 26.4. The maximum absolute atomic E-state index is 13.3. The molecule has 0 aliphatic heterocycles. The van der Waals surface area contributed by atoms with Gasteiger partial charge in [0.25, 0.3) is 0 Å². The summed E-state index contributed by atoms with van der Waals surface area (Å²) in [6.07, 6.45) is 5.47. The summed E-state index contributed by atoms with van der Waals surface area (Å²) in [7, 11) is 0. The van der Waals surface area contributed by atoms with E-state index in [0.717, 1.165) is 0 Å². The van der Waals surface area contributed by atoms with Crippen LogP contribution < -0.4 is 5.32 Å². The van der Waals surface area contributed by atoms with Crippen LogP contribution in [0.4, 0.5) is 8.78 Å². The topological polar surface area (TPSA) is 63.2 Å². The van der Waals surface area contributed by atoms with Gasteiger partial charge in [0.2, 0.25) is 5.91 Å². The summed E-state index contributed by atoms with van der Waals surface area (Å²) in [5.41, 5.74) is 1.76. The zero-order valence-corrected chi connectivity index (χ0v) is 18.5. The van der Waals surface area contributed by atoms with Gasteiger partial charge in [-0.1, -0.05) is 66.7 Å². The van der Waals surface area contributed by atoms with Crippen LogP contribution in [0.3, 0.4) is 0 Å². The first-order valence-electron chi connectivity index (χ1n) is 10.6. The third kappa shape index (κ3) is 6.90. The van der Waals surface area contributed by atoms with Gasteiger partial charge in [0, 0.05) is 6.92 Å². The molecular weight excluding hydrogens is 436 g/mol. The molecule has 34 heavy (non-hydrogen) atoms. The van der Waals surface area contributed by atoms with Crippen molar-refractivity contribution < 1.29 is 23.2 Å². The SMILES string of the molecule is CC(=O)NC(c1ccccc1)C(C(=O)C=Cc1ccc(F)cc1)C(=O)/C=C/c1ccc(F)cc1. The van der Waals surface area contributed by atoms with Crippen molar-refractivity contribution in [1.29, 1.82) is 0 Å². The Morgan fingerprint density at radius 3 is 1.56 bits per heavy atom. The lowest BCUT2D eigenvalue weighted by Gasteiger charge is -2.24. The number of nitrogens with one attached hydrogen (secondary N) is 1. The van der Waals surface area contributed by atoms with E-state index >= 15 is 0 Å². The molecule has 1 N–H and O–H groups in total. The van der Waals surface area contributed by atoms with Crippen molar-refractivity contribution in [2.45, 2.75) is 13.0 Å². The number of amides is 1. The van der Waals surface area contributed by atoms with E-state index in [0.29, 0.717) is 16.7 Å². The minimum atomic E-state index is -1.25. The highest BCUT2D eigenvalue weighted by atomic mass is 19.1. The van der Waals surface area contributed by atoms with E-state index in [4.69, 9.17) is 0 Å². The lowest BCUT2D eigenvalue weighted by Crippen LogP contribution is -2.39. The molecule has 0 aliphatic rings. The van der Waals surface area contributed by atoms with Crippen LogP contribution in [-0.4, -0.2) is 17.5 Å². The first-order chi connectivity index (χ1) is 16.3. The van der Waals surface area contributed by atoms with E-state index in [9.17, 15) is 23.2 Å². The highest BCUT2D eigenvalue weighted by molar-refractivity contribution is 6.14. The molecule has 0 radical (unpaired) electrons. The minimum absolute atomic E-state index is 0.399. The molecule has 2 atom stereocenters. The molecule has 0 bridgehead atoms. The normalized spacial score (nSPS) is 13.0. The van der Waals surface area contributed by atoms with E-state index in [1.54, 1.807) is 30.3 Å². The van der Waals surface area contributed by atoms with Crippen LogP contribution in [-0.2, 0) is 14.4 Å². The second-order valence-corrected chi connectivity index (χ2v) is 7.64. The summed E-state index contributed by atoms with van der Waals surface area (Å²) in [5, 5.41) is 2.72. The molecule has 0 saturated carbocycles. The zero-order chi connectivity index (χ0) is 24.5. The Kier molecular flexibility index (Phi) is 8.35. The number of benzene rings is 3. The molecule has 0 spiro atoms. The summed E-state index contributed by atoms with van der Waals surface area (Å²) in [6.45, 7) is 1.31. The van der Waals surface area contributed by atoms with Crippen LogP contribution in [0.25, 0.3) is 12.2 Å². The predicted octanol–water partition coefficient (Wildman–Crippen LogP) is 5.32. The number of halogens is 2. The summed E-state index contributed by atoms with van der Waals surface area (Å²) in [5.74, 6) is -3.51. The zero-order valence-electron chi connectivity index (χ0n) is 18.5. The van der Waals surface area contributed by atoms with Crippen molar-refractivity contribution >= 4 is 29.6 Å². The lowest BCUT2D eigenvalue weighted by atomic mass is 9.85. The molecule has 4 nitrogen and oxygen atoms in total. The summed E-state index contributed by atoms with van der Waals surface area (Å²) in [4.78, 5) is 38.5. The van der Waals surface area contributed by atoms with Crippen LogP contribution in [0.2, 0.25) is 0 Å². The number of carbonyl (C=O) groups excluding carboxylic acids is 3. The first kappa shape index (κ1) is 24.5. The van der Waals surface area contributed by atoms with Crippen molar-refractivity contribution in [3.05, 3.63) is 119 Å². The third-order valence-corrected chi connectivity index (χ3v) is 5.08.